The maximum Gasteiger partial charge on any atom is 0.337 e. The number of ether oxygens (including phenoxy) is 1. The van der Waals surface area contributed by atoms with Crippen LogP contribution in [0.25, 0.3) is 11.1 Å². The summed E-state index contributed by atoms with van der Waals surface area (Å²) in [6, 6.07) is 1.29. The molecule has 0 atom stereocenters. The van der Waals surface area contributed by atoms with Gasteiger partial charge in [-0.05, 0) is 12.0 Å². The highest BCUT2D eigenvalue weighted by molar-refractivity contribution is 5.75. The SMILES string of the molecule is CCc1cc(=O)oc2nc(OCC#CC(C)C)[nH]c(=O)c12. The number of fused-ring (bicyclic) bond motifs is 1. The largest absolute Gasteiger partial charge is 0.451 e. The molecule has 2 aromatic rings. The van der Waals surface area contributed by atoms with E-state index in [2.05, 4.69) is 21.8 Å². The van der Waals surface area contributed by atoms with Gasteiger partial charge in [-0.15, -0.1) is 0 Å². The number of aromatic amines is 1. The molecule has 0 radical (unpaired) electrons. The van der Waals surface area contributed by atoms with Crippen molar-refractivity contribution in [2.45, 2.75) is 27.2 Å². The summed E-state index contributed by atoms with van der Waals surface area (Å²) in [5, 5.41) is 0.276. The zero-order valence-electron chi connectivity index (χ0n) is 12.1. The Hall–Kier alpha value is -2.55. The van der Waals surface area contributed by atoms with Crippen LogP contribution in [0.4, 0.5) is 0 Å². The monoisotopic (exact) mass is 288 g/mol. The molecule has 2 heterocycles. The molecule has 1 N–H and O–H groups in total. The first kappa shape index (κ1) is 14.9. The Balaban J connectivity index is 2.39. The van der Waals surface area contributed by atoms with Gasteiger partial charge in [-0.1, -0.05) is 32.6 Å². The summed E-state index contributed by atoms with van der Waals surface area (Å²) in [6.07, 6.45) is 0.535. The van der Waals surface area contributed by atoms with E-state index >= 15 is 0 Å². The molecule has 2 rings (SSSR count). The second kappa shape index (κ2) is 6.27. The van der Waals surface area contributed by atoms with Crippen molar-refractivity contribution in [3.05, 3.63) is 32.4 Å². The van der Waals surface area contributed by atoms with E-state index in [1.807, 2.05) is 20.8 Å². The molecule has 0 aliphatic rings. The van der Waals surface area contributed by atoms with E-state index in [1.54, 1.807) is 0 Å². The number of hydrogen-bond donors (Lipinski definition) is 1. The van der Waals surface area contributed by atoms with Crippen LogP contribution >= 0.6 is 0 Å². The van der Waals surface area contributed by atoms with Gasteiger partial charge in [-0.2, -0.15) is 4.98 Å². The van der Waals surface area contributed by atoms with E-state index in [0.29, 0.717) is 12.0 Å². The number of rotatable bonds is 3. The van der Waals surface area contributed by atoms with E-state index in [0.717, 1.165) is 0 Å². The zero-order valence-corrected chi connectivity index (χ0v) is 12.1. The number of nitrogens with zero attached hydrogens (tertiary/aromatic N) is 1. The summed E-state index contributed by atoms with van der Waals surface area (Å²) in [6.45, 7) is 5.87. The van der Waals surface area contributed by atoms with Crippen molar-refractivity contribution in [1.82, 2.24) is 9.97 Å². The van der Waals surface area contributed by atoms with Gasteiger partial charge in [0.1, 0.15) is 5.39 Å². The van der Waals surface area contributed by atoms with Crippen molar-refractivity contribution < 1.29 is 9.15 Å². The predicted octanol–water partition coefficient (Wildman–Crippen LogP) is 1.48. The molecule has 0 aromatic carbocycles. The average Bonchev–Trinajstić information content (AvgIpc) is 2.42. The minimum atomic E-state index is -0.539. The lowest BCUT2D eigenvalue weighted by Crippen LogP contribution is -2.15. The minimum absolute atomic E-state index is 0.0121. The number of hydrogen-bond acceptors (Lipinski definition) is 5. The molecular formula is C15H16N2O4. The Morgan fingerprint density at radius 3 is 2.86 bits per heavy atom. The third kappa shape index (κ3) is 3.51. The quantitative estimate of drug-likeness (QED) is 0.865. The molecule has 0 saturated carbocycles. The third-order valence-corrected chi connectivity index (χ3v) is 2.73. The maximum absolute atomic E-state index is 12.1. The van der Waals surface area contributed by atoms with Gasteiger partial charge in [0.05, 0.1) is 0 Å². The van der Waals surface area contributed by atoms with Crippen LogP contribution in [0.2, 0.25) is 0 Å². The molecular weight excluding hydrogens is 272 g/mol. The molecule has 0 fully saturated rings. The molecule has 6 nitrogen and oxygen atoms in total. The van der Waals surface area contributed by atoms with E-state index in [4.69, 9.17) is 9.15 Å². The predicted molar refractivity (Wildman–Crippen MR) is 78.4 cm³/mol. The Kier molecular flexibility index (Phi) is 4.43. The van der Waals surface area contributed by atoms with Crippen molar-refractivity contribution in [3.8, 4) is 17.9 Å². The Bertz CT molecular complexity index is 821. The smallest absolute Gasteiger partial charge is 0.337 e. The van der Waals surface area contributed by atoms with Crippen LogP contribution in [0.1, 0.15) is 26.3 Å². The van der Waals surface area contributed by atoms with Gasteiger partial charge in [0.2, 0.25) is 5.71 Å². The lowest BCUT2D eigenvalue weighted by atomic mass is 10.1. The van der Waals surface area contributed by atoms with Crippen molar-refractivity contribution in [2.24, 2.45) is 5.92 Å². The van der Waals surface area contributed by atoms with E-state index in [9.17, 15) is 9.59 Å². The number of nitrogens with one attached hydrogen (secondary N) is 1. The van der Waals surface area contributed by atoms with Crippen LogP contribution in [-0.2, 0) is 6.42 Å². The molecule has 0 spiro atoms. The lowest BCUT2D eigenvalue weighted by Gasteiger charge is -2.04. The molecule has 0 saturated heterocycles. The summed E-state index contributed by atoms with van der Waals surface area (Å²) in [4.78, 5) is 30.0. The van der Waals surface area contributed by atoms with E-state index < -0.39 is 11.2 Å². The highest BCUT2D eigenvalue weighted by atomic mass is 16.5. The van der Waals surface area contributed by atoms with Crippen LogP contribution < -0.4 is 15.9 Å². The topological polar surface area (TPSA) is 85.2 Å². The van der Waals surface area contributed by atoms with Crippen molar-refractivity contribution in [2.75, 3.05) is 6.61 Å². The van der Waals surface area contributed by atoms with Crippen molar-refractivity contribution in [1.29, 1.82) is 0 Å². The first-order valence-corrected chi connectivity index (χ1v) is 6.69. The summed E-state index contributed by atoms with van der Waals surface area (Å²) in [5.41, 5.74) is -0.355. The molecule has 0 aliphatic carbocycles. The average molecular weight is 288 g/mol. The Labute approximate surface area is 121 Å². The van der Waals surface area contributed by atoms with Crippen LogP contribution in [0.5, 0.6) is 6.01 Å². The Morgan fingerprint density at radius 1 is 1.43 bits per heavy atom. The molecule has 0 aliphatic heterocycles. The molecule has 0 amide bonds. The lowest BCUT2D eigenvalue weighted by molar-refractivity contribution is 0.337. The first-order valence-electron chi connectivity index (χ1n) is 6.69. The summed E-state index contributed by atoms with van der Waals surface area (Å²) >= 11 is 0. The van der Waals surface area contributed by atoms with Gasteiger partial charge in [-0.25, -0.2) is 4.79 Å². The van der Waals surface area contributed by atoms with Crippen molar-refractivity contribution >= 4 is 11.1 Å². The summed E-state index contributed by atoms with van der Waals surface area (Å²) in [5.74, 6) is 5.97. The van der Waals surface area contributed by atoms with Gasteiger partial charge in [0.15, 0.2) is 6.61 Å². The fraction of sp³-hybridized carbons (Fsp3) is 0.400. The van der Waals surface area contributed by atoms with Crippen LogP contribution in [-0.4, -0.2) is 16.6 Å². The molecule has 2 aromatic heterocycles. The molecule has 21 heavy (non-hydrogen) atoms. The number of aryl methyl sites for hydroxylation is 1. The van der Waals surface area contributed by atoms with Gasteiger partial charge in [0.25, 0.3) is 5.56 Å². The Morgan fingerprint density at radius 2 is 2.19 bits per heavy atom. The fourth-order valence-electron chi connectivity index (χ4n) is 1.83. The third-order valence-electron chi connectivity index (χ3n) is 2.73. The maximum atomic E-state index is 12.1. The second-order valence-corrected chi connectivity index (χ2v) is 4.76. The first-order chi connectivity index (χ1) is 10.0. The van der Waals surface area contributed by atoms with Crippen LogP contribution in [0.3, 0.4) is 0 Å². The number of aromatic nitrogens is 2. The van der Waals surface area contributed by atoms with Gasteiger partial charge in [-0.3, -0.25) is 9.78 Å². The molecule has 0 bridgehead atoms. The van der Waals surface area contributed by atoms with Gasteiger partial charge >= 0.3 is 11.6 Å². The second-order valence-electron chi connectivity index (χ2n) is 4.76. The van der Waals surface area contributed by atoms with Crippen LogP contribution in [0, 0.1) is 17.8 Å². The molecule has 0 unspecified atom stereocenters. The van der Waals surface area contributed by atoms with E-state index in [1.165, 1.54) is 6.07 Å². The minimum Gasteiger partial charge on any atom is -0.451 e. The van der Waals surface area contributed by atoms with Gasteiger partial charge < -0.3 is 9.15 Å². The molecule has 110 valence electrons. The van der Waals surface area contributed by atoms with Crippen LogP contribution in [0.15, 0.2) is 20.1 Å². The number of H-pyrrole nitrogens is 1. The normalized spacial score (nSPS) is 10.5. The highest BCUT2D eigenvalue weighted by Gasteiger charge is 2.11. The zero-order chi connectivity index (χ0) is 15.4. The summed E-state index contributed by atoms with van der Waals surface area (Å²) < 4.78 is 10.2. The van der Waals surface area contributed by atoms with E-state index in [-0.39, 0.29) is 29.6 Å². The molecule has 6 heteroatoms. The standard InChI is InChI=1S/C15H16N2O4/c1-4-10-8-11(18)21-14-12(10)13(19)16-15(17-14)20-7-5-6-9(2)3/h8-9H,4,7H2,1-3H3,(H,16,17,19). The highest BCUT2D eigenvalue weighted by Crippen LogP contribution is 2.13. The summed E-state index contributed by atoms with van der Waals surface area (Å²) in [7, 11) is 0. The fourth-order valence-corrected chi connectivity index (χ4v) is 1.83. The van der Waals surface area contributed by atoms with Gasteiger partial charge in [0, 0.05) is 12.0 Å². The van der Waals surface area contributed by atoms with Crippen molar-refractivity contribution in [3.63, 3.8) is 0 Å².